The van der Waals surface area contributed by atoms with Gasteiger partial charge >= 0.3 is 0 Å². The molecule has 4 nitrogen and oxygen atoms in total. The Kier molecular flexibility index (Phi) is 6.65. The van der Waals surface area contributed by atoms with Crippen LogP contribution < -0.4 is 10.2 Å². The molecule has 0 aliphatic heterocycles. The molecule has 0 aliphatic rings. The maximum atomic E-state index is 4.63. The summed E-state index contributed by atoms with van der Waals surface area (Å²) in [6.07, 6.45) is 6.01. The first-order valence-corrected chi connectivity index (χ1v) is 6.90. The second-order valence-corrected chi connectivity index (χ2v) is 4.94. The van der Waals surface area contributed by atoms with Crippen LogP contribution in [0.4, 0.5) is 5.82 Å². The summed E-state index contributed by atoms with van der Waals surface area (Å²) in [5, 5.41) is 3.35. The molecule has 0 spiro atoms. The number of nitrogens with zero attached hydrogens (tertiary/aromatic N) is 3. The second kappa shape index (κ2) is 8.03. The van der Waals surface area contributed by atoms with Gasteiger partial charge in [-0.1, -0.05) is 27.2 Å². The molecular weight excluding hydrogens is 224 g/mol. The Labute approximate surface area is 111 Å². The fourth-order valence-electron chi connectivity index (χ4n) is 1.75. The monoisotopic (exact) mass is 250 g/mol. The summed E-state index contributed by atoms with van der Waals surface area (Å²) in [6.45, 7) is 9.48. The summed E-state index contributed by atoms with van der Waals surface area (Å²) < 4.78 is 0. The molecule has 102 valence electrons. The molecule has 1 N–H and O–H groups in total. The van der Waals surface area contributed by atoms with E-state index in [4.69, 9.17) is 0 Å². The molecule has 0 fully saturated rings. The van der Waals surface area contributed by atoms with Crippen molar-refractivity contribution in [3.63, 3.8) is 0 Å². The van der Waals surface area contributed by atoms with E-state index in [0.717, 1.165) is 37.6 Å². The summed E-state index contributed by atoms with van der Waals surface area (Å²) in [5.41, 5.74) is 1.01. The fraction of sp³-hybridized carbons (Fsp3) is 0.714. The summed E-state index contributed by atoms with van der Waals surface area (Å²) in [6, 6.07) is 0. The average molecular weight is 250 g/mol. The van der Waals surface area contributed by atoms with Gasteiger partial charge in [0.25, 0.3) is 0 Å². The zero-order valence-electron chi connectivity index (χ0n) is 12.1. The van der Waals surface area contributed by atoms with Gasteiger partial charge in [-0.05, 0) is 18.9 Å². The van der Waals surface area contributed by atoms with E-state index in [0.29, 0.717) is 5.92 Å². The highest BCUT2D eigenvalue weighted by Gasteiger charge is 2.07. The van der Waals surface area contributed by atoms with E-state index in [2.05, 4.69) is 48.0 Å². The first kappa shape index (κ1) is 14.9. The Hall–Kier alpha value is -1.16. The molecule has 1 unspecified atom stereocenters. The SMILES string of the molecule is CCCNCc1cncc(N(C)CC(C)CC)n1. The first-order valence-electron chi connectivity index (χ1n) is 6.90. The normalized spacial score (nSPS) is 12.4. The van der Waals surface area contributed by atoms with Gasteiger partial charge in [0.05, 0.1) is 11.9 Å². The van der Waals surface area contributed by atoms with Gasteiger partial charge < -0.3 is 10.2 Å². The Balaban J connectivity index is 2.57. The fourth-order valence-corrected chi connectivity index (χ4v) is 1.75. The van der Waals surface area contributed by atoms with Gasteiger partial charge in [0.15, 0.2) is 0 Å². The third-order valence-corrected chi connectivity index (χ3v) is 3.08. The minimum Gasteiger partial charge on any atom is -0.358 e. The Morgan fingerprint density at radius 3 is 2.78 bits per heavy atom. The van der Waals surface area contributed by atoms with E-state index in [1.165, 1.54) is 6.42 Å². The number of anilines is 1. The average Bonchev–Trinajstić information content (AvgIpc) is 2.39. The summed E-state index contributed by atoms with van der Waals surface area (Å²) in [4.78, 5) is 11.1. The Morgan fingerprint density at radius 2 is 2.11 bits per heavy atom. The molecule has 0 saturated carbocycles. The molecule has 1 atom stereocenters. The maximum absolute atomic E-state index is 4.63. The molecule has 4 heteroatoms. The van der Waals surface area contributed by atoms with Crippen LogP contribution >= 0.6 is 0 Å². The number of aromatic nitrogens is 2. The quantitative estimate of drug-likeness (QED) is 0.720. The molecule has 18 heavy (non-hydrogen) atoms. The van der Waals surface area contributed by atoms with Crippen molar-refractivity contribution in [3.05, 3.63) is 18.1 Å². The van der Waals surface area contributed by atoms with Gasteiger partial charge in [-0.2, -0.15) is 0 Å². The largest absolute Gasteiger partial charge is 0.358 e. The van der Waals surface area contributed by atoms with Crippen LogP contribution in [0.5, 0.6) is 0 Å². The van der Waals surface area contributed by atoms with Crippen LogP contribution in [0.1, 0.15) is 39.3 Å². The minimum absolute atomic E-state index is 0.679. The highest BCUT2D eigenvalue weighted by atomic mass is 15.2. The lowest BCUT2D eigenvalue weighted by molar-refractivity contribution is 0.556. The molecular formula is C14H26N4. The Morgan fingerprint density at radius 1 is 1.33 bits per heavy atom. The van der Waals surface area contributed by atoms with Crippen LogP contribution in [-0.2, 0) is 6.54 Å². The molecule has 0 radical (unpaired) electrons. The number of hydrogen-bond donors (Lipinski definition) is 1. The lowest BCUT2D eigenvalue weighted by atomic mass is 10.1. The molecule has 0 aromatic carbocycles. The molecule has 0 saturated heterocycles. The van der Waals surface area contributed by atoms with E-state index in [-0.39, 0.29) is 0 Å². The minimum atomic E-state index is 0.679. The van der Waals surface area contributed by atoms with Crippen molar-refractivity contribution in [3.8, 4) is 0 Å². The summed E-state index contributed by atoms with van der Waals surface area (Å²) >= 11 is 0. The highest BCUT2D eigenvalue weighted by Crippen LogP contribution is 2.11. The molecule has 1 aromatic rings. The molecule has 1 rings (SSSR count). The van der Waals surface area contributed by atoms with E-state index in [1.807, 2.05) is 12.4 Å². The molecule has 0 aliphatic carbocycles. The molecule has 0 amide bonds. The number of rotatable bonds is 8. The van der Waals surface area contributed by atoms with E-state index >= 15 is 0 Å². The first-order chi connectivity index (χ1) is 8.67. The van der Waals surface area contributed by atoms with Crippen LogP contribution in [0.25, 0.3) is 0 Å². The van der Waals surface area contributed by atoms with Crippen LogP contribution in [0, 0.1) is 5.92 Å². The van der Waals surface area contributed by atoms with Gasteiger partial charge in [-0.3, -0.25) is 4.98 Å². The molecule has 0 bridgehead atoms. The van der Waals surface area contributed by atoms with Crippen LogP contribution in [0.3, 0.4) is 0 Å². The summed E-state index contributed by atoms with van der Waals surface area (Å²) in [7, 11) is 2.08. The van der Waals surface area contributed by atoms with Crippen molar-refractivity contribution < 1.29 is 0 Å². The third-order valence-electron chi connectivity index (χ3n) is 3.08. The van der Waals surface area contributed by atoms with Crippen LogP contribution in [0.2, 0.25) is 0 Å². The second-order valence-electron chi connectivity index (χ2n) is 4.94. The van der Waals surface area contributed by atoms with Crippen molar-refractivity contribution in [1.82, 2.24) is 15.3 Å². The molecule has 1 heterocycles. The highest BCUT2D eigenvalue weighted by molar-refractivity contribution is 5.35. The zero-order valence-corrected chi connectivity index (χ0v) is 12.1. The topological polar surface area (TPSA) is 41.1 Å². The van der Waals surface area contributed by atoms with Crippen molar-refractivity contribution in [2.24, 2.45) is 5.92 Å². The van der Waals surface area contributed by atoms with E-state index in [9.17, 15) is 0 Å². The van der Waals surface area contributed by atoms with Gasteiger partial charge in [0.1, 0.15) is 5.82 Å². The lowest BCUT2D eigenvalue weighted by Gasteiger charge is -2.21. The number of hydrogen-bond acceptors (Lipinski definition) is 4. The number of nitrogens with one attached hydrogen (secondary N) is 1. The van der Waals surface area contributed by atoms with Crippen LogP contribution in [-0.4, -0.2) is 30.1 Å². The van der Waals surface area contributed by atoms with Crippen molar-refractivity contribution in [2.75, 3.05) is 25.0 Å². The standard InChI is InChI=1S/C14H26N4/c1-5-7-15-8-13-9-16-10-14(17-13)18(4)11-12(3)6-2/h9-10,12,15H,5-8,11H2,1-4H3. The zero-order chi connectivity index (χ0) is 13.4. The predicted octanol–water partition coefficient (Wildman–Crippen LogP) is 2.46. The van der Waals surface area contributed by atoms with Crippen molar-refractivity contribution in [1.29, 1.82) is 0 Å². The lowest BCUT2D eigenvalue weighted by Crippen LogP contribution is -2.25. The smallest absolute Gasteiger partial charge is 0.147 e. The van der Waals surface area contributed by atoms with Gasteiger partial charge in [0.2, 0.25) is 0 Å². The Bertz CT molecular complexity index is 340. The van der Waals surface area contributed by atoms with Crippen molar-refractivity contribution >= 4 is 5.82 Å². The maximum Gasteiger partial charge on any atom is 0.147 e. The third kappa shape index (κ3) is 5.00. The van der Waals surface area contributed by atoms with Gasteiger partial charge in [-0.25, -0.2) is 4.98 Å². The van der Waals surface area contributed by atoms with Gasteiger partial charge in [-0.15, -0.1) is 0 Å². The van der Waals surface area contributed by atoms with Crippen molar-refractivity contribution in [2.45, 2.75) is 40.2 Å². The summed E-state index contributed by atoms with van der Waals surface area (Å²) in [5.74, 6) is 1.64. The molecule has 1 aromatic heterocycles. The predicted molar refractivity (Wildman–Crippen MR) is 76.8 cm³/mol. The van der Waals surface area contributed by atoms with Crippen LogP contribution in [0.15, 0.2) is 12.4 Å². The van der Waals surface area contributed by atoms with E-state index in [1.54, 1.807) is 0 Å². The van der Waals surface area contributed by atoms with E-state index < -0.39 is 0 Å². The van der Waals surface area contributed by atoms with Gasteiger partial charge in [0, 0.05) is 26.3 Å².